The van der Waals surface area contributed by atoms with Crippen molar-refractivity contribution in [3.63, 3.8) is 0 Å². The largest absolute Gasteiger partial charge is 0.494 e. The Hall–Kier alpha value is -1.02. The molecule has 2 rings (SSSR count). The summed E-state index contributed by atoms with van der Waals surface area (Å²) in [4.78, 5) is 2.59. The van der Waals surface area contributed by atoms with Gasteiger partial charge in [-0.05, 0) is 57.5 Å². The number of likely N-dealkylation sites (tertiary alicyclic amines) is 1. The second kappa shape index (κ2) is 7.33. The zero-order valence-corrected chi connectivity index (χ0v) is 10.6. The van der Waals surface area contributed by atoms with Crippen LogP contribution in [0.3, 0.4) is 0 Å². The maximum atomic E-state index is 5.68. The predicted molar refractivity (Wildman–Crippen MR) is 71.5 cm³/mol. The molecule has 2 nitrogen and oxygen atoms in total. The van der Waals surface area contributed by atoms with Crippen LogP contribution in [0.15, 0.2) is 30.3 Å². The average molecular weight is 233 g/mol. The Labute approximate surface area is 105 Å². The molecule has 1 saturated heterocycles. The molecule has 0 N–H and O–H groups in total. The van der Waals surface area contributed by atoms with E-state index < -0.39 is 0 Å². The Morgan fingerprint density at radius 3 is 2.47 bits per heavy atom. The summed E-state index contributed by atoms with van der Waals surface area (Å²) in [5.74, 6) is 0.991. The van der Waals surface area contributed by atoms with Gasteiger partial charge in [0.05, 0.1) is 6.61 Å². The molecule has 1 aromatic rings. The molecule has 0 amide bonds. The molecule has 0 aromatic heterocycles. The van der Waals surface area contributed by atoms with Crippen molar-refractivity contribution in [3.05, 3.63) is 30.3 Å². The van der Waals surface area contributed by atoms with Gasteiger partial charge in [0, 0.05) is 0 Å². The van der Waals surface area contributed by atoms with Crippen molar-refractivity contribution in [2.24, 2.45) is 0 Å². The highest BCUT2D eigenvalue weighted by Gasteiger charge is 2.08. The van der Waals surface area contributed by atoms with E-state index in [1.807, 2.05) is 30.3 Å². The van der Waals surface area contributed by atoms with Crippen molar-refractivity contribution in [3.8, 4) is 5.75 Å². The van der Waals surface area contributed by atoms with Gasteiger partial charge in [-0.2, -0.15) is 0 Å². The minimum Gasteiger partial charge on any atom is -0.494 e. The highest BCUT2D eigenvalue weighted by molar-refractivity contribution is 5.20. The lowest BCUT2D eigenvalue weighted by atomic mass is 10.1. The van der Waals surface area contributed by atoms with Crippen LogP contribution in [0.25, 0.3) is 0 Å². The SMILES string of the molecule is c1ccc(OCCCCN2CCCCC2)cc1. The highest BCUT2D eigenvalue weighted by atomic mass is 16.5. The number of ether oxygens (including phenoxy) is 1. The smallest absolute Gasteiger partial charge is 0.119 e. The lowest BCUT2D eigenvalue weighted by Gasteiger charge is -2.26. The first kappa shape index (κ1) is 12.4. The molecule has 1 aliphatic heterocycles. The van der Waals surface area contributed by atoms with Gasteiger partial charge in [-0.25, -0.2) is 0 Å². The maximum Gasteiger partial charge on any atom is 0.119 e. The van der Waals surface area contributed by atoms with E-state index in [4.69, 9.17) is 4.74 Å². The Balaban J connectivity index is 1.51. The van der Waals surface area contributed by atoms with Gasteiger partial charge in [-0.15, -0.1) is 0 Å². The van der Waals surface area contributed by atoms with Crippen LogP contribution in [-0.2, 0) is 0 Å². The van der Waals surface area contributed by atoms with E-state index in [0.717, 1.165) is 18.8 Å². The fourth-order valence-electron chi connectivity index (χ4n) is 2.33. The maximum absolute atomic E-state index is 5.68. The number of para-hydroxylation sites is 1. The lowest BCUT2D eigenvalue weighted by molar-refractivity contribution is 0.216. The number of unbranched alkanes of at least 4 members (excludes halogenated alkanes) is 1. The Kier molecular flexibility index (Phi) is 5.37. The van der Waals surface area contributed by atoms with Crippen LogP contribution in [0, 0.1) is 0 Å². The molecule has 17 heavy (non-hydrogen) atoms. The molecule has 0 spiro atoms. The molecule has 94 valence electrons. The molecule has 0 atom stereocenters. The second-order valence-corrected chi connectivity index (χ2v) is 4.77. The van der Waals surface area contributed by atoms with E-state index in [1.54, 1.807) is 0 Å². The fourth-order valence-corrected chi connectivity index (χ4v) is 2.33. The third-order valence-electron chi connectivity index (χ3n) is 3.33. The molecule has 0 unspecified atom stereocenters. The van der Waals surface area contributed by atoms with Gasteiger partial charge >= 0.3 is 0 Å². The van der Waals surface area contributed by atoms with Crippen molar-refractivity contribution >= 4 is 0 Å². The Bertz CT molecular complexity index is 293. The number of hydrogen-bond donors (Lipinski definition) is 0. The van der Waals surface area contributed by atoms with Crippen molar-refractivity contribution in [1.29, 1.82) is 0 Å². The van der Waals surface area contributed by atoms with E-state index >= 15 is 0 Å². The van der Waals surface area contributed by atoms with Crippen LogP contribution in [0.5, 0.6) is 5.75 Å². The van der Waals surface area contributed by atoms with E-state index in [1.165, 1.54) is 45.3 Å². The molecule has 2 heteroatoms. The van der Waals surface area contributed by atoms with E-state index in [9.17, 15) is 0 Å². The molecule has 0 radical (unpaired) electrons. The van der Waals surface area contributed by atoms with Gasteiger partial charge in [0.25, 0.3) is 0 Å². The zero-order chi connectivity index (χ0) is 11.8. The number of piperidine rings is 1. The Morgan fingerprint density at radius 2 is 1.71 bits per heavy atom. The molecule has 0 aliphatic carbocycles. The van der Waals surface area contributed by atoms with Crippen LogP contribution < -0.4 is 4.74 Å². The summed E-state index contributed by atoms with van der Waals surface area (Å²) in [6, 6.07) is 10.1. The van der Waals surface area contributed by atoms with Gasteiger partial charge in [0.15, 0.2) is 0 Å². The first-order valence-electron chi connectivity index (χ1n) is 6.85. The van der Waals surface area contributed by atoms with E-state index in [-0.39, 0.29) is 0 Å². The number of rotatable bonds is 6. The molecular weight excluding hydrogens is 210 g/mol. The minimum atomic E-state index is 0.845. The number of benzene rings is 1. The standard InChI is InChI=1S/C15H23NO/c1-3-9-15(10-4-1)17-14-8-7-13-16-11-5-2-6-12-16/h1,3-4,9-10H,2,5-8,11-14H2. The summed E-state index contributed by atoms with van der Waals surface area (Å²) in [6.07, 6.45) is 6.62. The van der Waals surface area contributed by atoms with Crippen molar-refractivity contribution < 1.29 is 4.74 Å². The monoisotopic (exact) mass is 233 g/mol. The van der Waals surface area contributed by atoms with Crippen LogP contribution in [-0.4, -0.2) is 31.1 Å². The summed E-state index contributed by atoms with van der Waals surface area (Å²) in [7, 11) is 0. The highest BCUT2D eigenvalue weighted by Crippen LogP contribution is 2.11. The van der Waals surface area contributed by atoms with Crippen molar-refractivity contribution in [2.45, 2.75) is 32.1 Å². The molecule has 0 saturated carbocycles. The summed E-state index contributed by atoms with van der Waals surface area (Å²) >= 11 is 0. The molecular formula is C15H23NO. The van der Waals surface area contributed by atoms with Gasteiger partial charge in [0.1, 0.15) is 5.75 Å². The van der Waals surface area contributed by atoms with Crippen LogP contribution in [0.4, 0.5) is 0 Å². The van der Waals surface area contributed by atoms with E-state index in [0.29, 0.717) is 0 Å². The average Bonchev–Trinajstić information content (AvgIpc) is 2.41. The molecule has 1 aromatic carbocycles. The van der Waals surface area contributed by atoms with Gasteiger partial charge in [0.2, 0.25) is 0 Å². The van der Waals surface area contributed by atoms with E-state index in [2.05, 4.69) is 4.90 Å². The minimum absolute atomic E-state index is 0.845. The zero-order valence-electron chi connectivity index (χ0n) is 10.6. The third-order valence-corrected chi connectivity index (χ3v) is 3.33. The Morgan fingerprint density at radius 1 is 0.941 bits per heavy atom. The normalized spacial score (nSPS) is 16.9. The van der Waals surface area contributed by atoms with Crippen LogP contribution in [0.2, 0.25) is 0 Å². The summed E-state index contributed by atoms with van der Waals surface area (Å²) in [6.45, 7) is 4.70. The third kappa shape index (κ3) is 4.78. The van der Waals surface area contributed by atoms with Crippen LogP contribution in [0.1, 0.15) is 32.1 Å². The van der Waals surface area contributed by atoms with Crippen LogP contribution >= 0.6 is 0 Å². The fraction of sp³-hybridized carbons (Fsp3) is 0.600. The number of hydrogen-bond acceptors (Lipinski definition) is 2. The van der Waals surface area contributed by atoms with Gasteiger partial charge in [-0.3, -0.25) is 0 Å². The van der Waals surface area contributed by atoms with Crippen molar-refractivity contribution in [2.75, 3.05) is 26.2 Å². The van der Waals surface area contributed by atoms with Gasteiger partial charge < -0.3 is 9.64 Å². The number of nitrogens with zero attached hydrogens (tertiary/aromatic N) is 1. The molecule has 0 bridgehead atoms. The topological polar surface area (TPSA) is 12.5 Å². The molecule has 1 aliphatic rings. The quantitative estimate of drug-likeness (QED) is 0.699. The first-order chi connectivity index (χ1) is 8.45. The second-order valence-electron chi connectivity index (χ2n) is 4.77. The molecule has 1 fully saturated rings. The predicted octanol–water partition coefficient (Wildman–Crippen LogP) is 3.33. The summed E-state index contributed by atoms with van der Waals surface area (Å²) < 4.78 is 5.68. The van der Waals surface area contributed by atoms with Crippen molar-refractivity contribution in [1.82, 2.24) is 4.90 Å². The molecule has 1 heterocycles. The lowest BCUT2D eigenvalue weighted by Crippen LogP contribution is -2.30. The van der Waals surface area contributed by atoms with Gasteiger partial charge in [-0.1, -0.05) is 24.6 Å². The summed E-state index contributed by atoms with van der Waals surface area (Å²) in [5, 5.41) is 0. The first-order valence-corrected chi connectivity index (χ1v) is 6.85. The summed E-state index contributed by atoms with van der Waals surface area (Å²) in [5.41, 5.74) is 0.